The quantitative estimate of drug-likeness (QED) is 0.814. The summed E-state index contributed by atoms with van der Waals surface area (Å²) in [5.74, 6) is 0.164. The summed E-state index contributed by atoms with van der Waals surface area (Å²) in [5.41, 5.74) is 2.46. The molecule has 0 aliphatic heterocycles. The van der Waals surface area contributed by atoms with E-state index in [-0.39, 0.29) is 22.9 Å². The summed E-state index contributed by atoms with van der Waals surface area (Å²) >= 11 is 0. The van der Waals surface area contributed by atoms with Crippen LogP contribution in [0.3, 0.4) is 0 Å². The van der Waals surface area contributed by atoms with E-state index in [1.165, 1.54) is 5.56 Å². The minimum absolute atomic E-state index is 0.109. The maximum Gasteiger partial charge on any atom is 0.506 e. The summed E-state index contributed by atoms with van der Waals surface area (Å²) in [5, 5.41) is 8.75. The molecule has 1 fully saturated rings. The van der Waals surface area contributed by atoms with Gasteiger partial charge in [-0.3, -0.25) is 0 Å². The van der Waals surface area contributed by atoms with Crippen LogP contribution in [0, 0.1) is 5.41 Å². The Morgan fingerprint density at radius 1 is 1.21 bits per heavy atom. The fourth-order valence-corrected chi connectivity index (χ4v) is 2.71. The molecule has 0 amide bonds. The molecule has 104 valence electrons. The van der Waals surface area contributed by atoms with E-state index in [9.17, 15) is 4.79 Å². The molecule has 0 radical (unpaired) electrons. The minimum atomic E-state index is -1.19. The summed E-state index contributed by atoms with van der Waals surface area (Å²) in [4.78, 5) is 10.7. The summed E-state index contributed by atoms with van der Waals surface area (Å²) in [6, 6.07) is 8.44. The second-order valence-corrected chi connectivity index (χ2v) is 6.98. The van der Waals surface area contributed by atoms with Gasteiger partial charge in [0.25, 0.3) is 0 Å². The molecule has 1 aromatic carbocycles. The van der Waals surface area contributed by atoms with E-state index in [4.69, 9.17) is 9.84 Å². The van der Waals surface area contributed by atoms with Gasteiger partial charge in [-0.15, -0.1) is 0 Å². The minimum Gasteiger partial charge on any atom is -0.450 e. The van der Waals surface area contributed by atoms with Crippen LogP contribution in [0.4, 0.5) is 4.79 Å². The molecule has 0 heterocycles. The van der Waals surface area contributed by atoms with Crippen molar-refractivity contribution in [1.82, 2.24) is 0 Å². The predicted octanol–water partition coefficient (Wildman–Crippen LogP) is 4.17. The molecule has 1 saturated carbocycles. The Balaban J connectivity index is 2.18. The normalized spacial score (nSPS) is 24.9. The van der Waals surface area contributed by atoms with Crippen molar-refractivity contribution in [3.63, 3.8) is 0 Å². The first-order valence-corrected chi connectivity index (χ1v) is 6.64. The van der Waals surface area contributed by atoms with Crippen LogP contribution in [-0.4, -0.2) is 17.4 Å². The maximum absolute atomic E-state index is 10.7. The van der Waals surface area contributed by atoms with Crippen molar-refractivity contribution in [2.45, 2.75) is 52.1 Å². The van der Waals surface area contributed by atoms with Gasteiger partial charge >= 0.3 is 6.16 Å². The molecule has 1 aliphatic rings. The highest BCUT2D eigenvalue weighted by molar-refractivity contribution is 5.58. The lowest BCUT2D eigenvalue weighted by Crippen LogP contribution is -2.10. The zero-order valence-corrected chi connectivity index (χ0v) is 12.2. The Morgan fingerprint density at radius 2 is 1.74 bits per heavy atom. The second kappa shape index (κ2) is 4.26. The van der Waals surface area contributed by atoms with Crippen LogP contribution >= 0.6 is 0 Å². The third-order valence-electron chi connectivity index (χ3n) is 4.09. The summed E-state index contributed by atoms with van der Waals surface area (Å²) in [6.45, 7) is 10.6. The van der Waals surface area contributed by atoms with Gasteiger partial charge in [-0.2, -0.15) is 0 Å². The number of carboxylic acid groups (broad SMARTS) is 1. The summed E-state index contributed by atoms with van der Waals surface area (Å²) in [6.07, 6.45) is -1.42. The fraction of sp³-hybridized carbons (Fsp3) is 0.562. The molecular weight excluding hydrogens is 240 g/mol. The third kappa shape index (κ3) is 2.60. The first-order valence-electron chi connectivity index (χ1n) is 6.64. The van der Waals surface area contributed by atoms with Gasteiger partial charge in [0.2, 0.25) is 0 Å². The standard InChI is InChI=1S/C16H22O3/c1-15(2,3)11-8-6-10(7-9-11)12-13(16(12,4)5)19-14(17)18/h6-9,12-13H,1-5H3,(H,17,18). The number of benzene rings is 1. The number of hydrogen-bond acceptors (Lipinski definition) is 2. The van der Waals surface area contributed by atoms with Crippen LogP contribution in [0.25, 0.3) is 0 Å². The molecule has 1 aliphatic carbocycles. The summed E-state index contributed by atoms with van der Waals surface area (Å²) in [7, 11) is 0. The van der Waals surface area contributed by atoms with E-state index in [1.54, 1.807) is 0 Å². The molecule has 2 unspecified atom stereocenters. The molecule has 0 bridgehead atoms. The largest absolute Gasteiger partial charge is 0.506 e. The topological polar surface area (TPSA) is 46.5 Å². The van der Waals surface area contributed by atoms with E-state index in [2.05, 4.69) is 45.0 Å². The van der Waals surface area contributed by atoms with Crippen molar-refractivity contribution in [3.05, 3.63) is 35.4 Å². The van der Waals surface area contributed by atoms with Crippen molar-refractivity contribution in [2.75, 3.05) is 0 Å². The maximum atomic E-state index is 10.7. The number of carbonyl (C=O) groups is 1. The lowest BCUT2D eigenvalue weighted by atomic mass is 9.86. The zero-order chi connectivity index (χ0) is 14.4. The van der Waals surface area contributed by atoms with Crippen LogP contribution in [0.1, 0.15) is 51.7 Å². The van der Waals surface area contributed by atoms with Gasteiger partial charge in [-0.05, 0) is 16.5 Å². The van der Waals surface area contributed by atoms with Gasteiger partial charge in [0.05, 0.1) is 0 Å². The molecule has 3 nitrogen and oxygen atoms in total. The molecule has 0 aromatic heterocycles. The van der Waals surface area contributed by atoms with Crippen LogP contribution in [0.5, 0.6) is 0 Å². The highest BCUT2D eigenvalue weighted by Gasteiger charge is 2.61. The van der Waals surface area contributed by atoms with E-state index >= 15 is 0 Å². The smallest absolute Gasteiger partial charge is 0.450 e. The molecule has 0 saturated heterocycles. The average molecular weight is 262 g/mol. The number of hydrogen-bond donors (Lipinski definition) is 1. The third-order valence-corrected chi connectivity index (χ3v) is 4.09. The average Bonchev–Trinajstić information content (AvgIpc) is 2.78. The molecule has 3 heteroatoms. The first-order chi connectivity index (χ1) is 8.64. The number of rotatable bonds is 2. The van der Waals surface area contributed by atoms with Crippen molar-refractivity contribution in [1.29, 1.82) is 0 Å². The summed E-state index contributed by atoms with van der Waals surface area (Å²) < 4.78 is 4.96. The van der Waals surface area contributed by atoms with Gasteiger partial charge in [-0.1, -0.05) is 58.9 Å². The van der Waals surface area contributed by atoms with Gasteiger partial charge in [0, 0.05) is 11.3 Å². The Kier molecular flexibility index (Phi) is 3.12. The highest BCUT2D eigenvalue weighted by Crippen LogP contribution is 2.60. The van der Waals surface area contributed by atoms with Gasteiger partial charge in [0.1, 0.15) is 6.10 Å². The molecule has 19 heavy (non-hydrogen) atoms. The first kappa shape index (κ1) is 13.9. The zero-order valence-electron chi connectivity index (χ0n) is 12.2. The van der Waals surface area contributed by atoms with E-state index in [0.717, 1.165) is 5.56 Å². The molecule has 2 atom stereocenters. The molecule has 0 spiro atoms. The lowest BCUT2D eigenvalue weighted by Gasteiger charge is -2.19. The van der Waals surface area contributed by atoms with Crippen LogP contribution in [0.15, 0.2) is 24.3 Å². The van der Waals surface area contributed by atoms with Crippen LogP contribution < -0.4 is 0 Å². The van der Waals surface area contributed by atoms with Crippen molar-refractivity contribution >= 4 is 6.16 Å². The Bertz CT molecular complexity index is 480. The van der Waals surface area contributed by atoms with Crippen LogP contribution in [-0.2, 0) is 10.2 Å². The predicted molar refractivity (Wildman–Crippen MR) is 74.6 cm³/mol. The molecule has 2 rings (SSSR count). The monoisotopic (exact) mass is 262 g/mol. The molecule has 1 N–H and O–H groups in total. The lowest BCUT2D eigenvalue weighted by molar-refractivity contribution is 0.0738. The molecular formula is C16H22O3. The van der Waals surface area contributed by atoms with Gasteiger partial charge in [-0.25, -0.2) is 4.79 Å². The Hall–Kier alpha value is -1.51. The van der Waals surface area contributed by atoms with Crippen LogP contribution in [0.2, 0.25) is 0 Å². The number of ether oxygens (including phenoxy) is 1. The van der Waals surface area contributed by atoms with E-state index in [0.29, 0.717) is 0 Å². The van der Waals surface area contributed by atoms with Crippen molar-refractivity contribution in [2.24, 2.45) is 5.41 Å². The fourth-order valence-electron chi connectivity index (χ4n) is 2.71. The van der Waals surface area contributed by atoms with E-state index in [1.807, 2.05) is 13.8 Å². The van der Waals surface area contributed by atoms with Gasteiger partial charge in [0.15, 0.2) is 0 Å². The SMILES string of the molecule is CC(C)(C)c1ccc(C2C(OC(=O)O)C2(C)C)cc1. The van der Waals surface area contributed by atoms with Crippen molar-refractivity contribution < 1.29 is 14.6 Å². The Labute approximate surface area is 114 Å². The Morgan fingerprint density at radius 3 is 2.16 bits per heavy atom. The van der Waals surface area contributed by atoms with Gasteiger partial charge < -0.3 is 9.84 Å². The van der Waals surface area contributed by atoms with E-state index < -0.39 is 6.16 Å². The highest BCUT2D eigenvalue weighted by atomic mass is 16.7. The molecule has 1 aromatic rings. The van der Waals surface area contributed by atoms with Crippen molar-refractivity contribution in [3.8, 4) is 0 Å². The second-order valence-electron chi connectivity index (χ2n) is 6.98.